The highest BCUT2D eigenvalue weighted by molar-refractivity contribution is 5.81. The first kappa shape index (κ1) is 22.2. The van der Waals surface area contributed by atoms with Gasteiger partial charge in [0.2, 0.25) is 11.8 Å². The van der Waals surface area contributed by atoms with Crippen molar-refractivity contribution in [3.05, 3.63) is 29.8 Å². The molecule has 6 heteroatoms. The quantitative estimate of drug-likeness (QED) is 0.695. The van der Waals surface area contributed by atoms with Gasteiger partial charge in [-0.2, -0.15) is 0 Å². The molecule has 0 spiro atoms. The van der Waals surface area contributed by atoms with Gasteiger partial charge < -0.3 is 15.0 Å². The lowest BCUT2D eigenvalue weighted by atomic mass is 9.96. The summed E-state index contributed by atoms with van der Waals surface area (Å²) in [5.74, 6) is 1.12. The number of ether oxygens (including phenoxy) is 1. The zero-order valence-electron chi connectivity index (χ0n) is 17.8. The van der Waals surface area contributed by atoms with Gasteiger partial charge in [-0.3, -0.25) is 14.5 Å². The van der Waals surface area contributed by atoms with E-state index in [0.717, 1.165) is 38.5 Å². The molecule has 1 aliphatic rings. The molecule has 2 rings (SSSR count). The van der Waals surface area contributed by atoms with Crippen LogP contribution in [0.25, 0.3) is 0 Å². The van der Waals surface area contributed by atoms with E-state index in [1.165, 1.54) is 5.56 Å². The Bertz CT molecular complexity index is 629. The molecule has 1 N–H and O–H groups in total. The molecule has 0 atom stereocenters. The smallest absolute Gasteiger partial charge is 0.225 e. The Balaban J connectivity index is 1.65. The van der Waals surface area contributed by atoms with Crippen LogP contribution in [0.1, 0.15) is 46.1 Å². The third-order valence-electron chi connectivity index (χ3n) is 4.90. The summed E-state index contributed by atoms with van der Waals surface area (Å²) in [7, 11) is 0. The molecule has 1 saturated heterocycles. The summed E-state index contributed by atoms with van der Waals surface area (Å²) in [6.45, 7) is 13.1. The zero-order valence-corrected chi connectivity index (χ0v) is 17.8. The predicted molar refractivity (Wildman–Crippen MR) is 111 cm³/mol. The molecule has 0 radical (unpaired) electrons. The summed E-state index contributed by atoms with van der Waals surface area (Å²) in [6, 6.07) is 8.23. The monoisotopic (exact) mass is 389 g/mol. The Morgan fingerprint density at radius 1 is 1.07 bits per heavy atom. The fraction of sp³-hybridized carbons (Fsp3) is 0.636. The summed E-state index contributed by atoms with van der Waals surface area (Å²) in [6.07, 6.45) is 1.18. The normalized spacial score (nSPS) is 15.4. The number of piperazine rings is 1. The number of hydrogen-bond donors (Lipinski definition) is 1. The minimum absolute atomic E-state index is 0.0304. The van der Waals surface area contributed by atoms with Crippen LogP contribution in [-0.4, -0.2) is 60.9 Å². The second kappa shape index (κ2) is 10.5. The van der Waals surface area contributed by atoms with E-state index in [1.54, 1.807) is 0 Å². The van der Waals surface area contributed by atoms with Crippen LogP contribution in [0.15, 0.2) is 24.3 Å². The lowest BCUT2D eigenvalue weighted by Crippen LogP contribution is -2.48. The lowest BCUT2D eigenvalue weighted by Gasteiger charge is -2.35. The third kappa shape index (κ3) is 7.15. The number of nitrogens with one attached hydrogen (secondary N) is 1. The van der Waals surface area contributed by atoms with Gasteiger partial charge in [0.05, 0.1) is 6.61 Å². The summed E-state index contributed by atoms with van der Waals surface area (Å²) >= 11 is 0. The molecule has 0 bridgehead atoms. The summed E-state index contributed by atoms with van der Waals surface area (Å²) < 4.78 is 5.48. The zero-order chi connectivity index (χ0) is 20.6. The van der Waals surface area contributed by atoms with Crippen molar-refractivity contribution in [3.63, 3.8) is 0 Å². The van der Waals surface area contributed by atoms with Crippen molar-refractivity contribution in [2.45, 2.75) is 47.1 Å². The topological polar surface area (TPSA) is 61.9 Å². The average Bonchev–Trinajstić information content (AvgIpc) is 2.66. The maximum Gasteiger partial charge on any atom is 0.225 e. The van der Waals surface area contributed by atoms with Gasteiger partial charge in [0.25, 0.3) is 0 Å². The van der Waals surface area contributed by atoms with Crippen LogP contribution in [0.5, 0.6) is 5.75 Å². The van der Waals surface area contributed by atoms with Crippen LogP contribution in [0, 0.1) is 5.41 Å². The van der Waals surface area contributed by atoms with E-state index < -0.39 is 0 Å². The lowest BCUT2D eigenvalue weighted by molar-refractivity contribution is -0.133. The van der Waals surface area contributed by atoms with Gasteiger partial charge in [0, 0.05) is 51.1 Å². The number of carbonyl (C=O) groups excluding carboxylic acids is 2. The highest BCUT2D eigenvalue weighted by Crippen LogP contribution is 2.15. The molecule has 28 heavy (non-hydrogen) atoms. The number of rotatable bonds is 8. The van der Waals surface area contributed by atoms with Crippen molar-refractivity contribution in [2.24, 2.45) is 5.41 Å². The molecule has 1 heterocycles. The Morgan fingerprint density at radius 2 is 1.71 bits per heavy atom. The predicted octanol–water partition coefficient (Wildman–Crippen LogP) is 2.67. The van der Waals surface area contributed by atoms with E-state index in [9.17, 15) is 9.59 Å². The van der Waals surface area contributed by atoms with E-state index >= 15 is 0 Å². The first-order valence-electron chi connectivity index (χ1n) is 10.3. The van der Waals surface area contributed by atoms with Gasteiger partial charge in [-0.15, -0.1) is 0 Å². The second-order valence-electron chi connectivity index (χ2n) is 8.34. The molecule has 156 valence electrons. The van der Waals surface area contributed by atoms with Gasteiger partial charge in [-0.25, -0.2) is 0 Å². The molecule has 0 aliphatic carbocycles. The Hall–Kier alpha value is -2.08. The largest absolute Gasteiger partial charge is 0.494 e. The molecular weight excluding hydrogens is 354 g/mol. The first-order chi connectivity index (χ1) is 13.3. The number of amides is 2. The third-order valence-corrected chi connectivity index (χ3v) is 4.90. The van der Waals surface area contributed by atoms with Crippen LogP contribution < -0.4 is 10.1 Å². The molecule has 0 saturated carbocycles. The molecule has 1 fully saturated rings. The number of benzene rings is 1. The van der Waals surface area contributed by atoms with Crippen molar-refractivity contribution in [1.82, 2.24) is 15.1 Å². The molecule has 6 nitrogen and oxygen atoms in total. The van der Waals surface area contributed by atoms with Crippen LogP contribution in [0.2, 0.25) is 0 Å². The molecule has 1 aliphatic heterocycles. The van der Waals surface area contributed by atoms with Crippen LogP contribution in [0.4, 0.5) is 0 Å². The van der Waals surface area contributed by atoms with Gasteiger partial charge in [0.1, 0.15) is 5.75 Å². The summed E-state index contributed by atoms with van der Waals surface area (Å²) in [5, 5.41) is 2.90. The van der Waals surface area contributed by atoms with Crippen LogP contribution >= 0.6 is 0 Å². The first-order valence-corrected chi connectivity index (χ1v) is 10.3. The van der Waals surface area contributed by atoms with Crippen molar-refractivity contribution in [1.29, 1.82) is 0 Å². The minimum Gasteiger partial charge on any atom is -0.494 e. The van der Waals surface area contributed by atoms with E-state index in [1.807, 2.05) is 44.7 Å². The SMILES string of the molecule is CCOc1ccc(CN2CCN(C(=O)CCCNC(=O)C(C)(C)C)CC2)cc1. The van der Waals surface area contributed by atoms with Gasteiger partial charge in [-0.1, -0.05) is 32.9 Å². The van der Waals surface area contributed by atoms with Gasteiger partial charge in [0.15, 0.2) is 0 Å². The van der Waals surface area contributed by atoms with Crippen molar-refractivity contribution < 1.29 is 14.3 Å². The fourth-order valence-electron chi connectivity index (χ4n) is 3.14. The Labute approximate surface area is 169 Å². The standard InChI is InChI=1S/C22H35N3O3/c1-5-28-19-10-8-18(9-11-19)17-24-13-15-25(16-14-24)20(26)7-6-12-23-21(27)22(2,3)4/h8-11H,5-7,12-17H2,1-4H3,(H,23,27). The minimum atomic E-state index is -0.385. The maximum atomic E-state index is 12.4. The highest BCUT2D eigenvalue weighted by Gasteiger charge is 2.22. The molecule has 2 amide bonds. The fourth-order valence-corrected chi connectivity index (χ4v) is 3.14. The van der Waals surface area contributed by atoms with E-state index in [-0.39, 0.29) is 17.2 Å². The number of hydrogen-bond acceptors (Lipinski definition) is 4. The molecular formula is C22H35N3O3. The van der Waals surface area contributed by atoms with E-state index in [0.29, 0.717) is 26.0 Å². The second-order valence-corrected chi connectivity index (χ2v) is 8.34. The van der Waals surface area contributed by atoms with Crippen molar-refractivity contribution >= 4 is 11.8 Å². The van der Waals surface area contributed by atoms with E-state index in [4.69, 9.17) is 4.74 Å². The molecule has 0 unspecified atom stereocenters. The molecule has 1 aromatic carbocycles. The van der Waals surface area contributed by atoms with Crippen molar-refractivity contribution in [2.75, 3.05) is 39.3 Å². The Morgan fingerprint density at radius 3 is 2.29 bits per heavy atom. The van der Waals surface area contributed by atoms with Crippen molar-refractivity contribution in [3.8, 4) is 5.75 Å². The molecule has 0 aromatic heterocycles. The van der Waals surface area contributed by atoms with Crippen LogP contribution in [0.3, 0.4) is 0 Å². The summed E-state index contributed by atoms with van der Waals surface area (Å²) in [5.41, 5.74) is 0.877. The van der Waals surface area contributed by atoms with E-state index in [2.05, 4.69) is 22.3 Å². The molecule has 1 aromatic rings. The highest BCUT2D eigenvalue weighted by atomic mass is 16.5. The number of nitrogens with zero attached hydrogens (tertiary/aromatic N) is 2. The maximum absolute atomic E-state index is 12.4. The van der Waals surface area contributed by atoms with Gasteiger partial charge in [-0.05, 0) is 31.0 Å². The van der Waals surface area contributed by atoms with Crippen LogP contribution in [-0.2, 0) is 16.1 Å². The Kier molecular flexibility index (Phi) is 8.30. The summed E-state index contributed by atoms with van der Waals surface area (Å²) in [4.78, 5) is 28.5. The number of carbonyl (C=O) groups is 2. The van der Waals surface area contributed by atoms with Gasteiger partial charge >= 0.3 is 0 Å². The average molecular weight is 390 g/mol.